The van der Waals surface area contributed by atoms with E-state index in [4.69, 9.17) is 4.42 Å². The van der Waals surface area contributed by atoms with Crippen molar-refractivity contribution in [2.45, 2.75) is 41.0 Å². The fourth-order valence-electron chi connectivity index (χ4n) is 3.00. The molecule has 0 bridgehead atoms. The fourth-order valence-corrected chi connectivity index (χ4v) is 3.00. The molecule has 0 aliphatic rings. The van der Waals surface area contributed by atoms with Crippen LogP contribution in [-0.2, 0) is 4.79 Å². The third-order valence-corrected chi connectivity index (χ3v) is 4.52. The Bertz CT molecular complexity index is 1040. The number of hydrogen-bond acceptors (Lipinski definition) is 3. The van der Waals surface area contributed by atoms with E-state index in [1.165, 1.54) is 0 Å². The van der Waals surface area contributed by atoms with Gasteiger partial charge in [0.15, 0.2) is 0 Å². The molecule has 0 aliphatic heterocycles. The van der Waals surface area contributed by atoms with Gasteiger partial charge in [0.1, 0.15) is 11.3 Å². The van der Waals surface area contributed by atoms with Crippen molar-refractivity contribution in [2.24, 2.45) is 5.41 Å². The summed E-state index contributed by atoms with van der Waals surface area (Å²) in [5, 5.41) is 6.45. The summed E-state index contributed by atoms with van der Waals surface area (Å²) in [5.74, 6) is -0.452. The number of furan rings is 1. The van der Waals surface area contributed by atoms with Gasteiger partial charge in [-0.2, -0.15) is 0 Å². The second kappa shape index (κ2) is 7.50. The number of fused-ring (bicyclic) bond motifs is 1. The van der Waals surface area contributed by atoms with Gasteiger partial charge in [0, 0.05) is 17.5 Å². The van der Waals surface area contributed by atoms with Crippen molar-refractivity contribution >= 4 is 34.2 Å². The second-order valence-corrected chi connectivity index (χ2v) is 8.34. The molecule has 1 aromatic heterocycles. The number of carbonyl (C=O) groups is 2. The molecule has 0 unspecified atom stereocenters. The molecule has 28 heavy (non-hydrogen) atoms. The largest absolute Gasteiger partial charge is 0.449 e. The summed E-state index contributed by atoms with van der Waals surface area (Å²) in [6.45, 7) is 9.99. The molecule has 2 aromatic carbocycles. The van der Waals surface area contributed by atoms with Crippen LogP contribution >= 0.6 is 0 Å². The van der Waals surface area contributed by atoms with Crippen LogP contribution in [0.2, 0.25) is 0 Å². The molecule has 3 aromatic rings. The van der Waals surface area contributed by atoms with E-state index in [0.29, 0.717) is 28.8 Å². The number of para-hydroxylation sites is 1. The van der Waals surface area contributed by atoms with E-state index in [2.05, 4.69) is 10.6 Å². The van der Waals surface area contributed by atoms with Gasteiger partial charge in [0.2, 0.25) is 11.7 Å². The average molecular weight is 378 g/mol. The van der Waals surface area contributed by atoms with Crippen molar-refractivity contribution in [1.82, 2.24) is 0 Å². The van der Waals surface area contributed by atoms with E-state index < -0.39 is 5.91 Å². The first-order valence-corrected chi connectivity index (χ1v) is 9.34. The van der Waals surface area contributed by atoms with Crippen molar-refractivity contribution in [2.75, 3.05) is 10.6 Å². The Morgan fingerprint density at radius 2 is 1.68 bits per heavy atom. The van der Waals surface area contributed by atoms with E-state index in [9.17, 15) is 9.59 Å². The van der Waals surface area contributed by atoms with E-state index >= 15 is 0 Å². The van der Waals surface area contributed by atoms with E-state index in [-0.39, 0.29) is 17.1 Å². The second-order valence-electron chi connectivity index (χ2n) is 8.34. The molecule has 1 heterocycles. The summed E-state index contributed by atoms with van der Waals surface area (Å²) >= 11 is 0. The third kappa shape index (κ3) is 4.42. The summed E-state index contributed by atoms with van der Waals surface area (Å²) in [7, 11) is 0. The Kier molecular flexibility index (Phi) is 5.27. The lowest BCUT2D eigenvalue weighted by atomic mass is 9.92. The highest BCUT2D eigenvalue weighted by Gasteiger charge is 2.24. The first kappa shape index (κ1) is 19.7. The van der Waals surface area contributed by atoms with Crippen LogP contribution in [0.3, 0.4) is 0 Å². The number of aryl methyl sites for hydroxylation is 2. The zero-order valence-corrected chi connectivity index (χ0v) is 17.0. The standard InChI is InChI=1S/C23H26N2O3/c1-14-10-11-16(12-15(14)2)24-22(27)21-20(25-19(26)13-23(3,4)5)17-8-6-7-9-18(17)28-21/h6-12H,13H2,1-5H3,(H,24,27)(H,25,26). The summed E-state index contributed by atoms with van der Waals surface area (Å²) in [6, 6.07) is 13.0. The molecule has 5 heteroatoms. The molecule has 0 spiro atoms. The maximum Gasteiger partial charge on any atom is 0.293 e. The molecular weight excluding hydrogens is 352 g/mol. The minimum atomic E-state index is -0.398. The van der Waals surface area contributed by atoms with Crippen LogP contribution in [-0.4, -0.2) is 11.8 Å². The van der Waals surface area contributed by atoms with Crippen molar-refractivity contribution in [3.63, 3.8) is 0 Å². The van der Waals surface area contributed by atoms with Crippen LogP contribution < -0.4 is 10.6 Å². The fraction of sp³-hybridized carbons (Fsp3) is 0.304. The highest BCUT2D eigenvalue weighted by molar-refractivity contribution is 6.14. The first-order chi connectivity index (χ1) is 13.1. The van der Waals surface area contributed by atoms with Crippen LogP contribution in [0, 0.1) is 19.3 Å². The van der Waals surface area contributed by atoms with Gasteiger partial charge in [-0.15, -0.1) is 0 Å². The number of hydrogen-bond donors (Lipinski definition) is 2. The normalized spacial score (nSPS) is 11.5. The maximum atomic E-state index is 12.9. The van der Waals surface area contributed by atoms with Gasteiger partial charge in [-0.3, -0.25) is 9.59 Å². The first-order valence-electron chi connectivity index (χ1n) is 9.34. The van der Waals surface area contributed by atoms with Gasteiger partial charge in [0.05, 0.1) is 0 Å². The Morgan fingerprint density at radius 1 is 0.964 bits per heavy atom. The molecule has 2 amide bonds. The number of anilines is 2. The van der Waals surface area contributed by atoms with Crippen molar-refractivity contribution in [3.8, 4) is 0 Å². The lowest BCUT2D eigenvalue weighted by Crippen LogP contribution is -2.21. The van der Waals surface area contributed by atoms with Gasteiger partial charge in [-0.1, -0.05) is 39.0 Å². The molecule has 0 radical (unpaired) electrons. The summed E-state index contributed by atoms with van der Waals surface area (Å²) in [4.78, 5) is 25.4. The van der Waals surface area contributed by atoms with Crippen LogP contribution in [0.4, 0.5) is 11.4 Å². The monoisotopic (exact) mass is 378 g/mol. The summed E-state index contributed by atoms with van der Waals surface area (Å²) in [6.07, 6.45) is 0.338. The molecule has 0 aliphatic carbocycles. The number of rotatable bonds is 4. The molecule has 0 saturated carbocycles. The lowest BCUT2D eigenvalue weighted by Gasteiger charge is -2.17. The summed E-state index contributed by atoms with van der Waals surface area (Å²) in [5.41, 5.74) is 3.72. The SMILES string of the molecule is Cc1ccc(NC(=O)c2oc3ccccc3c2NC(=O)CC(C)(C)C)cc1C. The van der Waals surface area contributed by atoms with Gasteiger partial charge in [0.25, 0.3) is 5.91 Å². The van der Waals surface area contributed by atoms with Crippen LogP contribution in [0.1, 0.15) is 48.9 Å². The number of benzene rings is 2. The van der Waals surface area contributed by atoms with Gasteiger partial charge in [-0.05, 0) is 54.7 Å². The van der Waals surface area contributed by atoms with Crippen LogP contribution in [0.25, 0.3) is 11.0 Å². The predicted octanol–water partition coefficient (Wildman–Crippen LogP) is 5.68. The number of amides is 2. The Labute approximate surface area is 165 Å². The molecule has 3 rings (SSSR count). The van der Waals surface area contributed by atoms with E-state index in [0.717, 1.165) is 11.1 Å². The van der Waals surface area contributed by atoms with Gasteiger partial charge in [-0.25, -0.2) is 0 Å². The van der Waals surface area contributed by atoms with Crippen molar-refractivity contribution in [3.05, 3.63) is 59.4 Å². The highest BCUT2D eigenvalue weighted by atomic mass is 16.3. The molecule has 5 nitrogen and oxygen atoms in total. The smallest absolute Gasteiger partial charge is 0.293 e. The Morgan fingerprint density at radius 3 is 2.36 bits per heavy atom. The molecule has 2 N–H and O–H groups in total. The van der Waals surface area contributed by atoms with E-state index in [1.807, 2.05) is 71.0 Å². The molecule has 0 fully saturated rings. The van der Waals surface area contributed by atoms with Crippen LogP contribution in [0.15, 0.2) is 46.9 Å². The molecule has 146 valence electrons. The van der Waals surface area contributed by atoms with Crippen molar-refractivity contribution in [1.29, 1.82) is 0 Å². The molecule has 0 saturated heterocycles. The maximum absolute atomic E-state index is 12.9. The average Bonchev–Trinajstić information content (AvgIpc) is 2.95. The zero-order valence-electron chi connectivity index (χ0n) is 17.0. The topological polar surface area (TPSA) is 71.3 Å². The minimum absolute atomic E-state index is 0.0988. The number of carbonyl (C=O) groups excluding carboxylic acids is 2. The quantitative estimate of drug-likeness (QED) is 0.614. The lowest BCUT2D eigenvalue weighted by molar-refractivity contribution is -0.117. The Hall–Kier alpha value is -3.08. The van der Waals surface area contributed by atoms with Gasteiger partial charge < -0.3 is 15.1 Å². The zero-order chi connectivity index (χ0) is 20.5. The number of nitrogens with one attached hydrogen (secondary N) is 2. The van der Waals surface area contributed by atoms with E-state index in [1.54, 1.807) is 6.07 Å². The third-order valence-electron chi connectivity index (χ3n) is 4.52. The molecule has 0 atom stereocenters. The van der Waals surface area contributed by atoms with Gasteiger partial charge >= 0.3 is 0 Å². The predicted molar refractivity (Wildman–Crippen MR) is 113 cm³/mol. The minimum Gasteiger partial charge on any atom is -0.449 e. The highest BCUT2D eigenvalue weighted by Crippen LogP contribution is 2.32. The summed E-state index contributed by atoms with van der Waals surface area (Å²) < 4.78 is 5.79. The van der Waals surface area contributed by atoms with Crippen molar-refractivity contribution < 1.29 is 14.0 Å². The Balaban J connectivity index is 1.94. The molecular formula is C23H26N2O3. The van der Waals surface area contributed by atoms with Crippen LogP contribution in [0.5, 0.6) is 0 Å².